The maximum atomic E-state index is 12.3. The summed E-state index contributed by atoms with van der Waals surface area (Å²) in [7, 11) is 0. The first-order chi connectivity index (χ1) is 17.3. The molecule has 0 unspecified atom stereocenters. The molecule has 4 heteroatoms. The molecule has 0 spiro atoms. The van der Waals surface area contributed by atoms with Crippen LogP contribution in [0.25, 0.3) is 11.4 Å². The fourth-order valence-corrected chi connectivity index (χ4v) is 5.11. The van der Waals surface area contributed by atoms with Gasteiger partial charge in [-0.3, -0.25) is 0 Å². The number of aromatic nitrogens is 2. The van der Waals surface area contributed by atoms with E-state index in [-0.39, 0.29) is 5.97 Å². The van der Waals surface area contributed by atoms with Crippen molar-refractivity contribution in [3.05, 3.63) is 47.8 Å². The second kappa shape index (κ2) is 16.4. The van der Waals surface area contributed by atoms with Gasteiger partial charge in [0.2, 0.25) is 0 Å². The third-order valence-electron chi connectivity index (χ3n) is 7.37. The van der Waals surface area contributed by atoms with Crippen molar-refractivity contribution in [2.75, 3.05) is 6.61 Å². The van der Waals surface area contributed by atoms with Gasteiger partial charge in [0.05, 0.1) is 12.2 Å². The lowest BCUT2D eigenvalue weighted by Crippen LogP contribution is -2.06. The quantitative estimate of drug-likeness (QED) is 0.168. The molecule has 1 heterocycles. The summed E-state index contributed by atoms with van der Waals surface area (Å²) in [5, 5.41) is 0. The molecular formula is C31H46N2O2. The summed E-state index contributed by atoms with van der Waals surface area (Å²) in [6.45, 7) is 2.76. The molecular weight excluding hydrogens is 432 g/mol. The van der Waals surface area contributed by atoms with E-state index in [0.717, 1.165) is 30.7 Å². The van der Waals surface area contributed by atoms with Crippen LogP contribution >= 0.6 is 0 Å². The van der Waals surface area contributed by atoms with Gasteiger partial charge in [0.1, 0.15) is 0 Å². The standard InChI is InChI=1S/C31H46N2O2/c1-2-3-4-5-7-11-18-27-24-32-30(33-25-27)28-19-21-29(22-20-28)31(34)35-23-14-9-6-8-10-15-26-16-12-13-17-26/h19-22,24-26H,2-18,23H2,1H3. The van der Waals surface area contributed by atoms with Gasteiger partial charge in [0.25, 0.3) is 0 Å². The number of aryl methyl sites for hydroxylation is 1. The number of nitrogens with zero attached hydrogens (tertiary/aromatic N) is 2. The number of ether oxygens (including phenoxy) is 1. The van der Waals surface area contributed by atoms with Crippen LogP contribution < -0.4 is 0 Å². The summed E-state index contributed by atoms with van der Waals surface area (Å²) in [4.78, 5) is 21.4. The maximum Gasteiger partial charge on any atom is 0.338 e. The van der Waals surface area contributed by atoms with Crippen molar-refractivity contribution in [2.24, 2.45) is 5.92 Å². The molecule has 2 aromatic rings. The van der Waals surface area contributed by atoms with Gasteiger partial charge in [-0.25, -0.2) is 14.8 Å². The minimum atomic E-state index is -0.243. The normalized spacial score (nSPS) is 13.9. The van der Waals surface area contributed by atoms with Crippen LogP contribution in [0.3, 0.4) is 0 Å². The van der Waals surface area contributed by atoms with Gasteiger partial charge in [0, 0.05) is 18.0 Å². The van der Waals surface area contributed by atoms with E-state index in [1.54, 1.807) is 0 Å². The highest BCUT2D eigenvalue weighted by Gasteiger charge is 2.14. The minimum absolute atomic E-state index is 0.243. The van der Waals surface area contributed by atoms with Crippen LogP contribution in [0.15, 0.2) is 36.7 Å². The number of carbonyl (C=O) groups is 1. The number of unbranched alkanes of at least 4 members (excludes halogenated alkanes) is 9. The first kappa shape index (κ1) is 27.4. The molecule has 1 aromatic heterocycles. The Bertz CT molecular complexity index is 826. The van der Waals surface area contributed by atoms with Crippen LogP contribution in [0.5, 0.6) is 0 Å². The molecule has 0 atom stereocenters. The SMILES string of the molecule is CCCCCCCCc1cnc(-c2ccc(C(=O)OCCCCCCCC3CCCC3)cc2)nc1. The topological polar surface area (TPSA) is 52.1 Å². The summed E-state index contributed by atoms with van der Waals surface area (Å²) < 4.78 is 5.48. The Morgan fingerprint density at radius 1 is 0.829 bits per heavy atom. The van der Waals surface area contributed by atoms with Crippen molar-refractivity contribution in [3.8, 4) is 11.4 Å². The lowest BCUT2D eigenvalue weighted by molar-refractivity contribution is 0.0497. The van der Waals surface area contributed by atoms with E-state index in [4.69, 9.17) is 4.74 Å². The van der Waals surface area contributed by atoms with E-state index in [0.29, 0.717) is 18.0 Å². The van der Waals surface area contributed by atoms with Gasteiger partial charge in [-0.1, -0.05) is 109 Å². The summed E-state index contributed by atoms with van der Waals surface area (Å²) in [5.41, 5.74) is 2.70. The van der Waals surface area contributed by atoms with Crippen molar-refractivity contribution in [1.29, 1.82) is 0 Å². The fraction of sp³-hybridized carbons (Fsp3) is 0.645. The lowest BCUT2D eigenvalue weighted by Gasteiger charge is -2.08. The average molecular weight is 479 g/mol. The van der Waals surface area contributed by atoms with Crippen LogP contribution in [0.1, 0.15) is 126 Å². The minimum Gasteiger partial charge on any atom is -0.462 e. The number of benzene rings is 1. The Hall–Kier alpha value is -2.23. The average Bonchev–Trinajstić information content (AvgIpc) is 3.42. The van der Waals surface area contributed by atoms with Crippen LogP contribution in [-0.4, -0.2) is 22.5 Å². The molecule has 1 saturated carbocycles. The number of hydrogen-bond donors (Lipinski definition) is 0. The van der Waals surface area contributed by atoms with Gasteiger partial charge in [-0.05, 0) is 42.9 Å². The number of hydrogen-bond acceptors (Lipinski definition) is 4. The molecule has 0 saturated heterocycles. The summed E-state index contributed by atoms with van der Waals surface area (Å²) in [5.74, 6) is 1.46. The zero-order chi connectivity index (χ0) is 24.6. The number of rotatable bonds is 17. The van der Waals surface area contributed by atoms with E-state index in [1.165, 1.54) is 95.5 Å². The van der Waals surface area contributed by atoms with Gasteiger partial charge in [-0.15, -0.1) is 0 Å². The highest BCUT2D eigenvalue weighted by Crippen LogP contribution is 2.29. The first-order valence-corrected chi connectivity index (χ1v) is 14.3. The molecule has 4 nitrogen and oxygen atoms in total. The van der Waals surface area contributed by atoms with Crippen LogP contribution in [0.4, 0.5) is 0 Å². The van der Waals surface area contributed by atoms with E-state index < -0.39 is 0 Å². The van der Waals surface area contributed by atoms with Crippen LogP contribution in [-0.2, 0) is 11.2 Å². The summed E-state index contributed by atoms with van der Waals surface area (Å²) in [6, 6.07) is 7.44. The third-order valence-corrected chi connectivity index (χ3v) is 7.37. The lowest BCUT2D eigenvalue weighted by atomic mass is 9.99. The highest BCUT2D eigenvalue weighted by molar-refractivity contribution is 5.89. The predicted octanol–water partition coefficient (Wildman–Crippen LogP) is 8.73. The Morgan fingerprint density at radius 2 is 1.46 bits per heavy atom. The van der Waals surface area contributed by atoms with Gasteiger partial charge in [-0.2, -0.15) is 0 Å². The molecule has 0 N–H and O–H groups in total. The molecule has 0 amide bonds. The first-order valence-electron chi connectivity index (χ1n) is 14.3. The molecule has 0 bridgehead atoms. The van der Waals surface area contributed by atoms with Gasteiger partial charge in [0.15, 0.2) is 5.82 Å². The zero-order valence-corrected chi connectivity index (χ0v) is 22.0. The number of esters is 1. The molecule has 3 rings (SSSR count). The highest BCUT2D eigenvalue weighted by atomic mass is 16.5. The molecule has 1 aliphatic carbocycles. The van der Waals surface area contributed by atoms with E-state index in [2.05, 4.69) is 16.9 Å². The zero-order valence-electron chi connectivity index (χ0n) is 22.0. The van der Waals surface area contributed by atoms with Crippen molar-refractivity contribution < 1.29 is 9.53 Å². The Morgan fingerprint density at radius 3 is 2.17 bits per heavy atom. The Labute approximate surface area is 213 Å². The molecule has 35 heavy (non-hydrogen) atoms. The molecule has 1 aromatic carbocycles. The molecule has 0 radical (unpaired) electrons. The van der Waals surface area contributed by atoms with Crippen molar-refractivity contribution in [2.45, 2.75) is 116 Å². The van der Waals surface area contributed by atoms with Crippen molar-refractivity contribution in [3.63, 3.8) is 0 Å². The molecule has 0 aliphatic heterocycles. The van der Waals surface area contributed by atoms with Crippen molar-refractivity contribution in [1.82, 2.24) is 9.97 Å². The Balaban J connectivity index is 1.29. The van der Waals surface area contributed by atoms with E-state index in [1.807, 2.05) is 36.7 Å². The number of carbonyl (C=O) groups excluding carboxylic acids is 1. The smallest absolute Gasteiger partial charge is 0.338 e. The predicted molar refractivity (Wildman–Crippen MR) is 144 cm³/mol. The fourth-order valence-electron chi connectivity index (χ4n) is 5.11. The molecule has 192 valence electrons. The molecule has 1 fully saturated rings. The summed E-state index contributed by atoms with van der Waals surface area (Å²) >= 11 is 0. The van der Waals surface area contributed by atoms with E-state index in [9.17, 15) is 4.79 Å². The van der Waals surface area contributed by atoms with Gasteiger partial charge >= 0.3 is 5.97 Å². The van der Waals surface area contributed by atoms with E-state index >= 15 is 0 Å². The summed E-state index contributed by atoms with van der Waals surface area (Å²) in [6.07, 6.45) is 25.9. The van der Waals surface area contributed by atoms with Crippen molar-refractivity contribution >= 4 is 5.97 Å². The molecule has 1 aliphatic rings. The largest absolute Gasteiger partial charge is 0.462 e. The second-order valence-corrected chi connectivity index (χ2v) is 10.4. The Kier molecular flexibility index (Phi) is 12.9. The van der Waals surface area contributed by atoms with Crippen LogP contribution in [0, 0.1) is 5.92 Å². The van der Waals surface area contributed by atoms with Gasteiger partial charge < -0.3 is 4.74 Å². The second-order valence-electron chi connectivity index (χ2n) is 10.4. The third kappa shape index (κ3) is 10.5. The van der Waals surface area contributed by atoms with Crippen LogP contribution in [0.2, 0.25) is 0 Å². The maximum absolute atomic E-state index is 12.3. The monoisotopic (exact) mass is 478 g/mol.